The number of rotatable bonds is 4. The minimum absolute atomic E-state index is 0.00649. The van der Waals surface area contributed by atoms with Crippen LogP contribution in [0.15, 0.2) is 58.1 Å². The van der Waals surface area contributed by atoms with Crippen LogP contribution >= 0.6 is 15.9 Å². The fourth-order valence-electron chi connectivity index (χ4n) is 3.97. The van der Waals surface area contributed by atoms with Crippen molar-refractivity contribution in [3.8, 4) is 0 Å². The molecular weight excluding hydrogens is 446 g/mol. The summed E-state index contributed by atoms with van der Waals surface area (Å²) in [5.41, 5.74) is 3.71. The molecular formula is C22H22BrN5O2. The molecule has 1 fully saturated rings. The molecule has 1 unspecified atom stereocenters. The van der Waals surface area contributed by atoms with Gasteiger partial charge in [0.05, 0.1) is 36.8 Å². The standard InChI is InChI=1S/C22H22BrN5O2/c23-16-5-3-4-15(12-16)20-13-19(22-24-17-6-1-2-7-18(17)25-22)26-28(20)21(29)14-27-8-10-30-11-9-27/h1-7,12,20H,8-11,13-14H2,(H,24,25). The Bertz CT molecular complexity index is 1070. The molecule has 3 aromatic rings. The number of halogens is 1. The molecule has 2 aliphatic heterocycles. The van der Waals surface area contributed by atoms with Gasteiger partial charge >= 0.3 is 0 Å². The smallest absolute Gasteiger partial charge is 0.257 e. The molecule has 1 aromatic heterocycles. The van der Waals surface area contributed by atoms with E-state index in [1.54, 1.807) is 5.01 Å². The Kier molecular flexibility index (Phi) is 5.37. The molecule has 1 atom stereocenters. The summed E-state index contributed by atoms with van der Waals surface area (Å²) in [5.74, 6) is 0.714. The molecule has 3 heterocycles. The largest absolute Gasteiger partial charge is 0.379 e. The second-order valence-electron chi connectivity index (χ2n) is 7.55. The lowest BCUT2D eigenvalue weighted by molar-refractivity contribution is -0.135. The number of nitrogens with zero attached hydrogens (tertiary/aromatic N) is 4. The third-order valence-electron chi connectivity index (χ3n) is 5.52. The van der Waals surface area contributed by atoms with Crippen molar-refractivity contribution in [1.29, 1.82) is 0 Å². The molecule has 0 radical (unpaired) electrons. The van der Waals surface area contributed by atoms with Crippen LogP contribution in [-0.2, 0) is 9.53 Å². The lowest BCUT2D eigenvalue weighted by Crippen LogP contribution is -2.43. The first kappa shape index (κ1) is 19.4. The number of para-hydroxylation sites is 2. The van der Waals surface area contributed by atoms with Gasteiger partial charge in [0.15, 0.2) is 5.82 Å². The molecule has 0 saturated carbocycles. The minimum Gasteiger partial charge on any atom is -0.379 e. The minimum atomic E-state index is -0.153. The molecule has 2 aromatic carbocycles. The lowest BCUT2D eigenvalue weighted by Gasteiger charge is -2.29. The number of aromatic nitrogens is 2. The third kappa shape index (κ3) is 3.90. The number of nitrogens with one attached hydrogen (secondary N) is 1. The van der Waals surface area contributed by atoms with Gasteiger partial charge in [0, 0.05) is 24.0 Å². The Morgan fingerprint density at radius 2 is 2.00 bits per heavy atom. The zero-order chi connectivity index (χ0) is 20.5. The third-order valence-corrected chi connectivity index (χ3v) is 6.02. The van der Waals surface area contributed by atoms with Crippen LogP contribution in [0.4, 0.5) is 0 Å². The van der Waals surface area contributed by atoms with Crippen molar-refractivity contribution >= 4 is 38.6 Å². The van der Waals surface area contributed by atoms with E-state index in [0.29, 0.717) is 26.2 Å². The average molecular weight is 468 g/mol. The first-order valence-corrected chi connectivity index (χ1v) is 10.9. The molecule has 1 N–H and O–H groups in total. The fraction of sp³-hybridized carbons (Fsp3) is 0.318. The van der Waals surface area contributed by atoms with E-state index in [2.05, 4.69) is 36.9 Å². The van der Waals surface area contributed by atoms with Crippen LogP contribution in [0, 0.1) is 0 Å². The predicted octanol–water partition coefficient (Wildman–Crippen LogP) is 3.34. The van der Waals surface area contributed by atoms with Crippen LogP contribution in [0.3, 0.4) is 0 Å². The highest BCUT2D eigenvalue weighted by atomic mass is 79.9. The van der Waals surface area contributed by atoms with E-state index in [-0.39, 0.29) is 11.9 Å². The molecule has 0 spiro atoms. The monoisotopic (exact) mass is 467 g/mol. The number of H-pyrrole nitrogens is 1. The number of benzene rings is 2. The summed E-state index contributed by atoms with van der Waals surface area (Å²) < 4.78 is 6.39. The summed E-state index contributed by atoms with van der Waals surface area (Å²) >= 11 is 3.55. The van der Waals surface area contributed by atoms with Crippen LogP contribution in [0.2, 0.25) is 0 Å². The number of morpholine rings is 1. The van der Waals surface area contributed by atoms with Gasteiger partial charge in [-0.15, -0.1) is 0 Å². The number of imidazole rings is 1. The van der Waals surface area contributed by atoms with Crippen LogP contribution in [0.1, 0.15) is 23.9 Å². The molecule has 0 aliphatic carbocycles. The van der Waals surface area contributed by atoms with E-state index in [4.69, 9.17) is 9.84 Å². The molecule has 154 valence electrons. The zero-order valence-corrected chi connectivity index (χ0v) is 18.0. The SMILES string of the molecule is O=C(CN1CCOCC1)N1N=C(c2nc3ccccc3[nH]2)CC1c1cccc(Br)c1. The van der Waals surface area contributed by atoms with Crippen molar-refractivity contribution in [2.24, 2.45) is 5.10 Å². The highest BCUT2D eigenvalue weighted by Gasteiger charge is 2.35. The van der Waals surface area contributed by atoms with E-state index in [9.17, 15) is 4.79 Å². The number of carbonyl (C=O) groups excluding carboxylic acids is 1. The van der Waals surface area contributed by atoms with E-state index < -0.39 is 0 Å². The Morgan fingerprint density at radius 3 is 2.80 bits per heavy atom. The number of hydrazone groups is 1. The Morgan fingerprint density at radius 1 is 1.17 bits per heavy atom. The van der Waals surface area contributed by atoms with E-state index in [1.807, 2.05) is 42.5 Å². The van der Waals surface area contributed by atoms with Gasteiger partial charge < -0.3 is 9.72 Å². The lowest BCUT2D eigenvalue weighted by atomic mass is 10.0. The summed E-state index contributed by atoms with van der Waals surface area (Å²) in [4.78, 5) is 23.4. The van der Waals surface area contributed by atoms with Gasteiger partial charge in [-0.05, 0) is 29.8 Å². The quantitative estimate of drug-likeness (QED) is 0.638. The highest BCUT2D eigenvalue weighted by Crippen LogP contribution is 2.34. The Balaban J connectivity index is 1.46. The summed E-state index contributed by atoms with van der Waals surface area (Å²) in [6.45, 7) is 3.19. The van der Waals surface area contributed by atoms with Crippen molar-refractivity contribution in [3.05, 3.63) is 64.4 Å². The van der Waals surface area contributed by atoms with Crippen molar-refractivity contribution in [2.75, 3.05) is 32.8 Å². The summed E-state index contributed by atoms with van der Waals surface area (Å²) in [6, 6.07) is 15.8. The number of amides is 1. The molecule has 30 heavy (non-hydrogen) atoms. The first-order valence-electron chi connectivity index (χ1n) is 10.1. The maximum absolute atomic E-state index is 13.2. The fourth-order valence-corrected chi connectivity index (χ4v) is 4.39. The van der Waals surface area contributed by atoms with Crippen LogP contribution in [0.5, 0.6) is 0 Å². The van der Waals surface area contributed by atoms with Gasteiger partial charge in [-0.1, -0.05) is 40.2 Å². The van der Waals surface area contributed by atoms with Gasteiger partial charge in [-0.2, -0.15) is 5.10 Å². The van der Waals surface area contributed by atoms with Crippen LogP contribution < -0.4 is 0 Å². The van der Waals surface area contributed by atoms with Gasteiger partial charge in [0.2, 0.25) is 0 Å². The molecule has 8 heteroatoms. The normalized spacial score (nSPS) is 20.0. The molecule has 1 amide bonds. The predicted molar refractivity (Wildman–Crippen MR) is 118 cm³/mol. The van der Waals surface area contributed by atoms with Gasteiger partial charge in [-0.25, -0.2) is 9.99 Å². The Labute approximate surface area is 182 Å². The zero-order valence-electron chi connectivity index (χ0n) is 16.4. The summed E-state index contributed by atoms with van der Waals surface area (Å²) in [7, 11) is 0. The van der Waals surface area contributed by atoms with Crippen molar-refractivity contribution < 1.29 is 9.53 Å². The van der Waals surface area contributed by atoms with Gasteiger partial charge in [0.25, 0.3) is 5.91 Å². The van der Waals surface area contributed by atoms with Gasteiger partial charge in [0.1, 0.15) is 5.71 Å². The molecule has 5 rings (SSSR count). The highest BCUT2D eigenvalue weighted by molar-refractivity contribution is 9.10. The van der Waals surface area contributed by atoms with E-state index in [0.717, 1.165) is 45.7 Å². The summed E-state index contributed by atoms with van der Waals surface area (Å²) in [5, 5.41) is 6.38. The van der Waals surface area contributed by atoms with Crippen molar-refractivity contribution in [2.45, 2.75) is 12.5 Å². The van der Waals surface area contributed by atoms with Crippen molar-refractivity contribution in [1.82, 2.24) is 19.9 Å². The first-order chi connectivity index (χ1) is 14.7. The van der Waals surface area contributed by atoms with Gasteiger partial charge in [-0.3, -0.25) is 9.69 Å². The molecule has 0 bridgehead atoms. The molecule has 7 nitrogen and oxygen atoms in total. The number of ether oxygens (including phenoxy) is 1. The number of hydrogen-bond donors (Lipinski definition) is 1. The Hall–Kier alpha value is -2.55. The second kappa shape index (κ2) is 8.29. The number of hydrogen-bond acceptors (Lipinski definition) is 5. The number of carbonyl (C=O) groups is 1. The average Bonchev–Trinajstić information content (AvgIpc) is 3.39. The summed E-state index contributed by atoms with van der Waals surface area (Å²) in [6.07, 6.45) is 0.616. The molecule has 1 saturated heterocycles. The maximum atomic E-state index is 13.2. The van der Waals surface area contributed by atoms with Crippen molar-refractivity contribution in [3.63, 3.8) is 0 Å². The topological polar surface area (TPSA) is 73.8 Å². The van der Waals surface area contributed by atoms with E-state index >= 15 is 0 Å². The maximum Gasteiger partial charge on any atom is 0.257 e. The number of fused-ring (bicyclic) bond motifs is 1. The molecule has 2 aliphatic rings. The van der Waals surface area contributed by atoms with Crippen LogP contribution in [-0.4, -0.2) is 64.3 Å². The van der Waals surface area contributed by atoms with E-state index in [1.165, 1.54) is 0 Å². The second-order valence-corrected chi connectivity index (χ2v) is 8.47. The van der Waals surface area contributed by atoms with Crippen LogP contribution in [0.25, 0.3) is 11.0 Å². The number of aromatic amines is 1.